The van der Waals surface area contributed by atoms with Gasteiger partial charge in [-0.05, 0) is 75.2 Å². The molecule has 6 nitrogen and oxygen atoms in total. The van der Waals surface area contributed by atoms with Gasteiger partial charge in [-0.3, -0.25) is 4.90 Å². The molecule has 4 rings (SSSR count). The Bertz CT molecular complexity index is 955. The number of methoxy groups -OCH3 is 1. The number of hydrogen-bond acceptors (Lipinski definition) is 6. The van der Waals surface area contributed by atoms with Crippen LogP contribution in [0.1, 0.15) is 56.6 Å². The fourth-order valence-corrected chi connectivity index (χ4v) is 5.80. The number of rotatable bonds is 9. The third-order valence-electron chi connectivity index (χ3n) is 7.38. The van der Waals surface area contributed by atoms with E-state index in [0.29, 0.717) is 30.7 Å². The van der Waals surface area contributed by atoms with Crippen molar-refractivity contribution in [3.63, 3.8) is 0 Å². The fourth-order valence-electron chi connectivity index (χ4n) is 5.80. The highest BCUT2D eigenvalue weighted by Crippen LogP contribution is 2.33. The van der Waals surface area contributed by atoms with Crippen molar-refractivity contribution in [3.8, 4) is 5.75 Å². The molecule has 0 unspecified atom stereocenters. The summed E-state index contributed by atoms with van der Waals surface area (Å²) >= 11 is 0. The van der Waals surface area contributed by atoms with Gasteiger partial charge in [0.25, 0.3) is 0 Å². The molecule has 2 aromatic rings. The molecule has 2 atom stereocenters. The third-order valence-corrected chi connectivity index (χ3v) is 7.38. The van der Waals surface area contributed by atoms with Crippen LogP contribution in [0.3, 0.4) is 0 Å². The molecule has 0 saturated carbocycles. The van der Waals surface area contributed by atoms with E-state index >= 15 is 0 Å². The summed E-state index contributed by atoms with van der Waals surface area (Å²) in [6.45, 7) is 7.69. The lowest BCUT2D eigenvalue weighted by Crippen LogP contribution is -2.51. The minimum absolute atomic E-state index is 0.202. The van der Waals surface area contributed by atoms with E-state index < -0.39 is 0 Å². The summed E-state index contributed by atoms with van der Waals surface area (Å²) in [5, 5.41) is 11.7. The van der Waals surface area contributed by atoms with Crippen molar-refractivity contribution in [2.45, 2.75) is 64.5 Å². The van der Waals surface area contributed by atoms with Gasteiger partial charge in [0.1, 0.15) is 11.3 Å². The lowest BCUT2D eigenvalue weighted by molar-refractivity contribution is 0.0372. The maximum absolute atomic E-state index is 12.2. The van der Waals surface area contributed by atoms with Gasteiger partial charge >= 0.3 is 5.63 Å². The molecule has 1 aromatic carbocycles. The molecular formula is C26H38N2O4. The van der Waals surface area contributed by atoms with Crippen molar-refractivity contribution in [2.75, 3.05) is 39.9 Å². The standard InChI is InChI=1S/C26H38N2O4/c1-3-19-16-25(30)32-26-21(19)10-11-24(29)22(26)18-27(12-7-15-31-2)17-20-8-6-14-28-13-5-4-9-23(20)28/h10-11,16,20,23,29H,3-9,12-15,17-18H2,1-2H3/t20-,23+/m0/s1. The molecular weight excluding hydrogens is 404 g/mol. The molecule has 0 radical (unpaired) electrons. The predicted molar refractivity (Wildman–Crippen MR) is 127 cm³/mol. The van der Waals surface area contributed by atoms with Gasteiger partial charge < -0.3 is 19.2 Å². The number of piperidine rings is 2. The van der Waals surface area contributed by atoms with Gasteiger partial charge in [-0.1, -0.05) is 13.3 Å². The molecule has 2 fully saturated rings. The van der Waals surface area contributed by atoms with Crippen LogP contribution in [0.25, 0.3) is 11.0 Å². The van der Waals surface area contributed by atoms with Crippen LogP contribution in [-0.2, 0) is 17.7 Å². The number of phenolic OH excluding ortho intramolecular Hbond substituents is 1. The van der Waals surface area contributed by atoms with E-state index in [-0.39, 0.29) is 11.4 Å². The highest BCUT2D eigenvalue weighted by Gasteiger charge is 2.34. The van der Waals surface area contributed by atoms with E-state index in [2.05, 4.69) is 9.80 Å². The second-order valence-corrected chi connectivity index (χ2v) is 9.47. The summed E-state index contributed by atoms with van der Waals surface area (Å²) in [5.41, 5.74) is 1.88. The summed E-state index contributed by atoms with van der Waals surface area (Å²) in [6, 6.07) is 5.85. The Morgan fingerprint density at radius 2 is 2.06 bits per heavy atom. The monoisotopic (exact) mass is 442 g/mol. The van der Waals surface area contributed by atoms with Crippen LogP contribution in [0.15, 0.2) is 27.4 Å². The van der Waals surface area contributed by atoms with Crippen LogP contribution in [0.4, 0.5) is 0 Å². The van der Waals surface area contributed by atoms with Crippen LogP contribution < -0.4 is 5.63 Å². The molecule has 0 spiro atoms. The van der Waals surface area contributed by atoms with Gasteiger partial charge in [0, 0.05) is 50.8 Å². The van der Waals surface area contributed by atoms with Crippen LogP contribution in [0, 0.1) is 5.92 Å². The number of benzene rings is 1. The maximum atomic E-state index is 12.2. The van der Waals surface area contributed by atoms with E-state index in [1.54, 1.807) is 19.2 Å². The second-order valence-electron chi connectivity index (χ2n) is 9.47. The minimum atomic E-state index is -0.350. The lowest BCUT2D eigenvalue weighted by atomic mass is 9.83. The fraction of sp³-hybridized carbons (Fsp3) is 0.654. The molecule has 0 aliphatic carbocycles. The van der Waals surface area contributed by atoms with Crippen molar-refractivity contribution in [1.82, 2.24) is 9.80 Å². The number of aryl methyl sites for hydroxylation is 1. The van der Waals surface area contributed by atoms with Crippen molar-refractivity contribution in [1.29, 1.82) is 0 Å². The molecule has 0 amide bonds. The van der Waals surface area contributed by atoms with E-state index in [4.69, 9.17) is 9.15 Å². The summed E-state index contributed by atoms with van der Waals surface area (Å²) in [4.78, 5) is 17.4. The number of nitrogens with zero attached hydrogens (tertiary/aromatic N) is 2. The predicted octanol–water partition coefficient (Wildman–Crippen LogP) is 4.16. The summed E-state index contributed by atoms with van der Waals surface area (Å²) in [6.07, 6.45) is 8.17. The largest absolute Gasteiger partial charge is 0.507 e. The quantitative estimate of drug-likeness (QED) is 0.465. The van der Waals surface area contributed by atoms with Crippen LogP contribution in [0.2, 0.25) is 0 Å². The highest BCUT2D eigenvalue weighted by atomic mass is 16.5. The Morgan fingerprint density at radius 3 is 2.88 bits per heavy atom. The summed E-state index contributed by atoms with van der Waals surface area (Å²) in [7, 11) is 1.74. The summed E-state index contributed by atoms with van der Waals surface area (Å²) < 4.78 is 11.0. The zero-order valence-corrected chi connectivity index (χ0v) is 19.6. The molecule has 1 N–H and O–H groups in total. The zero-order chi connectivity index (χ0) is 22.5. The number of fused-ring (bicyclic) bond motifs is 2. The molecule has 1 aromatic heterocycles. The zero-order valence-electron chi connectivity index (χ0n) is 19.6. The van der Waals surface area contributed by atoms with Crippen LogP contribution in [0.5, 0.6) is 5.75 Å². The molecule has 6 heteroatoms. The van der Waals surface area contributed by atoms with E-state index in [1.807, 2.05) is 13.0 Å². The third kappa shape index (κ3) is 5.19. The average molecular weight is 443 g/mol. The topological polar surface area (TPSA) is 66.2 Å². The SMILES string of the molecule is CCc1cc(=O)oc2c(CN(CCCOC)C[C@@H]3CCCN4CCCC[C@H]34)c(O)ccc12. The Kier molecular flexibility index (Phi) is 7.87. The molecule has 0 bridgehead atoms. The molecule has 3 heterocycles. The molecule has 32 heavy (non-hydrogen) atoms. The Balaban J connectivity index is 1.61. The summed E-state index contributed by atoms with van der Waals surface area (Å²) in [5.74, 6) is 0.843. The normalized spacial score (nSPS) is 21.8. The van der Waals surface area contributed by atoms with Crippen LogP contribution in [-0.4, -0.2) is 60.8 Å². The lowest BCUT2D eigenvalue weighted by Gasteiger charge is -2.45. The van der Waals surface area contributed by atoms with Crippen molar-refractivity contribution in [3.05, 3.63) is 39.7 Å². The maximum Gasteiger partial charge on any atom is 0.336 e. The molecule has 2 aliphatic rings. The van der Waals surface area contributed by atoms with Gasteiger partial charge in [0.05, 0.1) is 5.56 Å². The van der Waals surface area contributed by atoms with Crippen molar-refractivity contribution in [2.24, 2.45) is 5.92 Å². The van der Waals surface area contributed by atoms with Gasteiger partial charge in [-0.25, -0.2) is 4.79 Å². The first-order chi connectivity index (χ1) is 15.6. The molecule has 2 aliphatic heterocycles. The Hall–Kier alpha value is -1.89. The van der Waals surface area contributed by atoms with Gasteiger partial charge in [0.15, 0.2) is 0 Å². The molecule has 2 saturated heterocycles. The van der Waals surface area contributed by atoms with Gasteiger partial charge in [-0.15, -0.1) is 0 Å². The molecule has 176 valence electrons. The van der Waals surface area contributed by atoms with Gasteiger partial charge in [0.2, 0.25) is 0 Å². The van der Waals surface area contributed by atoms with Crippen LogP contribution >= 0.6 is 0 Å². The average Bonchev–Trinajstić information content (AvgIpc) is 2.80. The number of hydrogen-bond donors (Lipinski definition) is 1. The van der Waals surface area contributed by atoms with Gasteiger partial charge in [-0.2, -0.15) is 0 Å². The first-order valence-electron chi connectivity index (χ1n) is 12.3. The minimum Gasteiger partial charge on any atom is -0.507 e. The first kappa shape index (κ1) is 23.3. The number of phenols is 1. The number of aromatic hydroxyl groups is 1. The number of ether oxygens (including phenoxy) is 1. The van der Waals surface area contributed by atoms with Crippen molar-refractivity contribution < 1.29 is 14.3 Å². The Labute approximate surface area is 191 Å². The first-order valence-corrected chi connectivity index (χ1v) is 12.3. The van der Waals surface area contributed by atoms with Crippen molar-refractivity contribution >= 4 is 11.0 Å². The van der Waals surface area contributed by atoms with E-state index in [0.717, 1.165) is 42.4 Å². The second kappa shape index (κ2) is 10.8. The smallest absolute Gasteiger partial charge is 0.336 e. The van der Waals surface area contributed by atoms with E-state index in [1.165, 1.54) is 45.2 Å². The highest BCUT2D eigenvalue weighted by molar-refractivity contribution is 5.85. The van der Waals surface area contributed by atoms with E-state index in [9.17, 15) is 9.90 Å². The Morgan fingerprint density at radius 1 is 1.22 bits per heavy atom.